The Kier molecular flexibility index (Phi) is 5.42. The van der Waals surface area contributed by atoms with Crippen LogP contribution in [0.3, 0.4) is 0 Å². The molecular weight excluding hydrogens is 304 g/mol. The Bertz CT molecular complexity index is 569. The molecule has 6 heteroatoms. The Morgan fingerprint density at radius 2 is 2.05 bits per heavy atom. The second-order valence-corrected chi connectivity index (χ2v) is 6.12. The molecule has 22 heavy (non-hydrogen) atoms. The first-order valence-electron chi connectivity index (χ1n) is 7.52. The molecule has 0 unspecified atom stereocenters. The van der Waals surface area contributed by atoms with Gasteiger partial charge in [0.25, 0.3) is 0 Å². The SMILES string of the molecule is COc1cc(N)c(Cl)cc1C(=O)[N+]1(CCC=O)CCCCC1. The van der Waals surface area contributed by atoms with E-state index in [0.29, 0.717) is 35.0 Å². The number of aldehydes is 1. The number of amides is 1. The van der Waals surface area contributed by atoms with Crippen molar-refractivity contribution in [1.29, 1.82) is 0 Å². The molecule has 1 amide bonds. The molecule has 0 atom stereocenters. The van der Waals surface area contributed by atoms with Gasteiger partial charge in [-0.2, -0.15) is 0 Å². The Labute approximate surface area is 135 Å². The van der Waals surface area contributed by atoms with Gasteiger partial charge in [0.15, 0.2) is 0 Å². The number of halogens is 1. The maximum atomic E-state index is 13.1. The smallest absolute Gasteiger partial charge is 0.349 e. The number of benzene rings is 1. The molecule has 1 aliphatic heterocycles. The van der Waals surface area contributed by atoms with Crippen LogP contribution >= 0.6 is 11.6 Å². The molecule has 1 aromatic rings. The van der Waals surface area contributed by atoms with Crippen molar-refractivity contribution in [2.75, 3.05) is 32.5 Å². The van der Waals surface area contributed by atoms with Crippen LogP contribution in [0, 0.1) is 0 Å². The molecule has 0 spiro atoms. The number of carbonyl (C=O) groups is 2. The van der Waals surface area contributed by atoms with Gasteiger partial charge in [-0.15, -0.1) is 0 Å². The lowest BCUT2D eigenvalue weighted by Crippen LogP contribution is -2.56. The number of hydrogen-bond acceptors (Lipinski definition) is 4. The summed E-state index contributed by atoms with van der Waals surface area (Å²) in [6.07, 6.45) is 4.32. The Balaban J connectivity index is 2.42. The zero-order chi connectivity index (χ0) is 16.2. The lowest BCUT2D eigenvalue weighted by Gasteiger charge is -2.38. The summed E-state index contributed by atoms with van der Waals surface area (Å²) in [7, 11) is 1.51. The van der Waals surface area contributed by atoms with Crippen LogP contribution in [0.4, 0.5) is 5.69 Å². The lowest BCUT2D eigenvalue weighted by molar-refractivity contribution is -0.853. The monoisotopic (exact) mass is 325 g/mol. The number of anilines is 1. The number of nitrogens with two attached hydrogens (primary N) is 1. The molecule has 1 heterocycles. The molecule has 120 valence electrons. The van der Waals surface area contributed by atoms with E-state index in [9.17, 15) is 9.59 Å². The average Bonchev–Trinajstić information content (AvgIpc) is 2.55. The summed E-state index contributed by atoms with van der Waals surface area (Å²) in [6, 6.07) is 3.16. The van der Waals surface area contributed by atoms with Gasteiger partial charge in [0.2, 0.25) is 0 Å². The van der Waals surface area contributed by atoms with Crippen LogP contribution in [-0.4, -0.2) is 43.4 Å². The molecule has 1 fully saturated rings. The highest BCUT2D eigenvalue weighted by Gasteiger charge is 2.40. The van der Waals surface area contributed by atoms with E-state index < -0.39 is 0 Å². The fourth-order valence-electron chi connectivity index (χ4n) is 3.11. The third-order valence-electron chi connectivity index (χ3n) is 4.33. The van der Waals surface area contributed by atoms with Gasteiger partial charge in [-0.05, 0) is 25.3 Å². The average molecular weight is 326 g/mol. The molecule has 2 N–H and O–H groups in total. The second-order valence-electron chi connectivity index (χ2n) is 5.71. The molecule has 1 saturated heterocycles. The quantitative estimate of drug-likeness (QED) is 0.513. The van der Waals surface area contributed by atoms with Gasteiger partial charge >= 0.3 is 5.91 Å². The molecule has 0 aromatic heterocycles. The summed E-state index contributed by atoms with van der Waals surface area (Å²) >= 11 is 6.08. The second kappa shape index (κ2) is 7.11. The first-order chi connectivity index (χ1) is 10.5. The predicted molar refractivity (Wildman–Crippen MR) is 86.1 cm³/mol. The van der Waals surface area contributed by atoms with Crippen molar-refractivity contribution < 1.29 is 18.8 Å². The number of methoxy groups -OCH3 is 1. The van der Waals surface area contributed by atoms with Crippen molar-refractivity contribution in [2.45, 2.75) is 25.7 Å². The summed E-state index contributed by atoms with van der Waals surface area (Å²) in [6.45, 7) is 2.02. The van der Waals surface area contributed by atoms with Gasteiger partial charge in [0.1, 0.15) is 17.6 Å². The number of nitrogen functional groups attached to an aromatic ring is 1. The molecule has 0 aliphatic carbocycles. The summed E-state index contributed by atoms with van der Waals surface area (Å²) in [5.41, 5.74) is 6.60. The van der Waals surface area contributed by atoms with Crippen LogP contribution in [0.5, 0.6) is 5.75 Å². The Hall–Kier alpha value is -1.59. The summed E-state index contributed by atoms with van der Waals surface area (Å²) < 4.78 is 5.59. The zero-order valence-corrected chi connectivity index (χ0v) is 13.6. The number of quaternary nitrogens is 1. The van der Waals surface area contributed by atoms with Gasteiger partial charge in [0.05, 0.1) is 43.9 Å². The van der Waals surface area contributed by atoms with Crippen LogP contribution < -0.4 is 10.5 Å². The van der Waals surface area contributed by atoms with E-state index in [4.69, 9.17) is 22.1 Å². The van der Waals surface area contributed by atoms with E-state index in [0.717, 1.165) is 38.6 Å². The normalized spacial score (nSPS) is 17.0. The van der Waals surface area contributed by atoms with E-state index >= 15 is 0 Å². The summed E-state index contributed by atoms with van der Waals surface area (Å²) in [4.78, 5) is 23.9. The van der Waals surface area contributed by atoms with Crippen molar-refractivity contribution in [3.05, 3.63) is 22.7 Å². The van der Waals surface area contributed by atoms with Crippen LogP contribution in [0.15, 0.2) is 12.1 Å². The van der Waals surface area contributed by atoms with Crippen molar-refractivity contribution in [1.82, 2.24) is 0 Å². The van der Waals surface area contributed by atoms with Gasteiger partial charge in [0, 0.05) is 6.07 Å². The molecule has 1 aromatic carbocycles. The maximum Gasteiger partial charge on any atom is 0.349 e. The van der Waals surface area contributed by atoms with Crippen molar-refractivity contribution >= 4 is 29.5 Å². The largest absolute Gasteiger partial charge is 0.496 e. The number of rotatable bonds is 5. The highest BCUT2D eigenvalue weighted by atomic mass is 35.5. The minimum atomic E-state index is -0.0414. The minimum absolute atomic E-state index is 0.0414. The molecule has 0 radical (unpaired) electrons. The van der Waals surface area contributed by atoms with Gasteiger partial charge in [-0.25, -0.2) is 4.79 Å². The van der Waals surface area contributed by atoms with Crippen LogP contribution in [0.1, 0.15) is 36.0 Å². The molecule has 2 rings (SSSR count). The number of likely N-dealkylation sites (tertiary alicyclic amines) is 1. The zero-order valence-electron chi connectivity index (χ0n) is 12.8. The number of nitrogens with zero attached hydrogens (tertiary/aromatic N) is 1. The number of piperidine rings is 1. The van der Waals surface area contributed by atoms with Crippen LogP contribution in [0.2, 0.25) is 5.02 Å². The van der Waals surface area contributed by atoms with Gasteiger partial charge in [-0.3, -0.25) is 4.48 Å². The van der Waals surface area contributed by atoms with Crippen LogP contribution in [0.25, 0.3) is 0 Å². The molecule has 0 saturated carbocycles. The van der Waals surface area contributed by atoms with Crippen LogP contribution in [-0.2, 0) is 4.79 Å². The van der Waals surface area contributed by atoms with E-state index in [1.54, 1.807) is 12.1 Å². The highest BCUT2D eigenvalue weighted by Crippen LogP contribution is 2.33. The highest BCUT2D eigenvalue weighted by molar-refractivity contribution is 6.33. The van der Waals surface area contributed by atoms with Gasteiger partial charge in [-0.1, -0.05) is 11.6 Å². The molecule has 1 aliphatic rings. The van der Waals surface area contributed by atoms with E-state index in [1.807, 2.05) is 0 Å². The molecule has 0 bridgehead atoms. The lowest BCUT2D eigenvalue weighted by atomic mass is 10.0. The summed E-state index contributed by atoms with van der Waals surface area (Å²) in [5.74, 6) is 0.390. The van der Waals surface area contributed by atoms with Crippen molar-refractivity contribution in [3.8, 4) is 5.75 Å². The molecular formula is C16H22ClN2O3+. The first-order valence-corrected chi connectivity index (χ1v) is 7.89. The van der Waals surface area contributed by atoms with Gasteiger partial charge < -0.3 is 15.3 Å². The number of carbonyl (C=O) groups excluding carboxylic acids is 2. The van der Waals surface area contributed by atoms with E-state index in [2.05, 4.69) is 0 Å². The third kappa shape index (κ3) is 3.25. The van der Waals surface area contributed by atoms with Crippen molar-refractivity contribution in [3.63, 3.8) is 0 Å². The fourth-order valence-corrected chi connectivity index (χ4v) is 3.27. The maximum absolute atomic E-state index is 13.1. The standard InChI is InChI=1S/C16H21ClN2O3/c1-22-15-11-14(18)13(17)10-12(15)16(21)19(8-5-9-20)6-3-2-4-7-19/h9-11H,2-8H2,1H3,(H-,18,21)/p+1. The number of hydrogen-bond donors (Lipinski definition) is 1. The Morgan fingerprint density at radius 3 is 2.64 bits per heavy atom. The first kappa shape index (κ1) is 16.8. The molecule has 5 nitrogen and oxygen atoms in total. The number of ether oxygens (including phenoxy) is 1. The fraction of sp³-hybridized carbons (Fsp3) is 0.500. The van der Waals surface area contributed by atoms with Crippen molar-refractivity contribution in [2.24, 2.45) is 0 Å². The minimum Gasteiger partial charge on any atom is -0.496 e. The summed E-state index contributed by atoms with van der Waals surface area (Å²) in [5, 5.41) is 0.342. The van der Waals surface area contributed by atoms with E-state index in [-0.39, 0.29) is 10.4 Å². The predicted octanol–water partition coefficient (Wildman–Crippen LogP) is 2.66. The Morgan fingerprint density at radius 1 is 1.36 bits per heavy atom. The third-order valence-corrected chi connectivity index (χ3v) is 4.65. The topological polar surface area (TPSA) is 69.4 Å². The van der Waals surface area contributed by atoms with E-state index in [1.165, 1.54) is 7.11 Å².